The van der Waals surface area contributed by atoms with Crippen LogP contribution >= 0.6 is 0 Å². The van der Waals surface area contributed by atoms with Crippen molar-refractivity contribution in [2.75, 3.05) is 13.7 Å². The molecule has 0 saturated carbocycles. The van der Waals surface area contributed by atoms with Gasteiger partial charge in [0.15, 0.2) is 0 Å². The van der Waals surface area contributed by atoms with Crippen molar-refractivity contribution >= 4 is 0 Å². The summed E-state index contributed by atoms with van der Waals surface area (Å²) in [5.74, 6) is 0.611. The first kappa shape index (κ1) is 10.9. The van der Waals surface area contributed by atoms with Crippen LogP contribution in [0.1, 0.15) is 12.5 Å². The molecule has 0 aliphatic heterocycles. The van der Waals surface area contributed by atoms with Crippen LogP contribution in [-0.4, -0.2) is 29.9 Å². The molecular weight excluding hydrogens is 182 g/mol. The molecule has 0 spiro atoms. The summed E-state index contributed by atoms with van der Waals surface area (Å²) in [7, 11) is 1.62. The second-order valence-electron chi connectivity index (χ2n) is 3.03. The van der Waals surface area contributed by atoms with E-state index in [9.17, 15) is 0 Å². The number of nitrogens with zero attached hydrogens (tertiary/aromatic N) is 1. The largest absolute Gasteiger partial charge is 0.486 e. The van der Waals surface area contributed by atoms with Crippen LogP contribution in [0.5, 0.6) is 5.75 Å². The molecule has 0 radical (unpaired) electrons. The zero-order valence-corrected chi connectivity index (χ0v) is 8.43. The first-order valence-electron chi connectivity index (χ1n) is 4.47. The number of rotatable bonds is 5. The molecule has 1 aromatic rings. The second kappa shape index (κ2) is 5.57. The van der Waals surface area contributed by atoms with Gasteiger partial charge in [-0.2, -0.15) is 0 Å². The molecule has 4 nitrogen and oxygen atoms in total. The predicted molar refractivity (Wildman–Crippen MR) is 52.1 cm³/mol. The number of aliphatic hydroxyl groups is 1. The number of hydrogen-bond acceptors (Lipinski definition) is 4. The average molecular weight is 197 g/mol. The van der Waals surface area contributed by atoms with Crippen molar-refractivity contribution in [2.24, 2.45) is 0 Å². The van der Waals surface area contributed by atoms with Crippen LogP contribution in [-0.2, 0) is 11.3 Å². The molecule has 1 rings (SSSR count). The predicted octanol–water partition coefficient (Wildman–Crippen LogP) is 0.988. The first-order valence-corrected chi connectivity index (χ1v) is 4.47. The fourth-order valence-electron chi connectivity index (χ4n) is 1.13. The van der Waals surface area contributed by atoms with Crippen LogP contribution in [0.2, 0.25) is 0 Å². The van der Waals surface area contributed by atoms with Crippen molar-refractivity contribution in [1.82, 2.24) is 4.98 Å². The van der Waals surface area contributed by atoms with E-state index in [2.05, 4.69) is 4.98 Å². The van der Waals surface area contributed by atoms with Crippen LogP contribution < -0.4 is 4.74 Å². The zero-order valence-electron chi connectivity index (χ0n) is 8.43. The Kier molecular flexibility index (Phi) is 4.35. The van der Waals surface area contributed by atoms with E-state index in [-0.39, 0.29) is 12.7 Å². The molecule has 0 bridgehead atoms. The van der Waals surface area contributed by atoms with Gasteiger partial charge in [-0.05, 0) is 13.0 Å². The maximum atomic E-state index is 9.02. The van der Waals surface area contributed by atoms with E-state index in [4.69, 9.17) is 14.6 Å². The molecule has 1 unspecified atom stereocenters. The van der Waals surface area contributed by atoms with Gasteiger partial charge >= 0.3 is 0 Å². The fourth-order valence-corrected chi connectivity index (χ4v) is 1.13. The van der Waals surface area contributed by atoms with Gasteiger partial charge in [-0.1, -0.05) is 0 Å². The minimum atomic E-state index is -0.0468. The van der Waals surface area contributed by atoms with Crippen molar-refractivity contribution in [1.29, 1.82) is 0 Å². The van der Waals surface area contributed by atoms with E-state index in [0.717, 1.165) is 5.56 Å². The van der Waals surface area contributed by atoms with Crippen molar-refractivity contribution in [3.63, 3.8) is 0 Å². The molecule has 0 aliphatic carbocycles. The minimum Gasteiger partial charge on any atom is -0.486 e. The summed E-state index contributed by atoms with van der Waals surface area (Å²) in [5, 5.41) is 9.02. The standard InChI is InChI=1S/C10H15NO3/c1-8(7-13-2)14-10-5-11-4-3-9(10)6-12/h3-5,8,12H,6-7H2,1-2H3. The maximum absolute atomic E-state index is 9.02. The highest BCUT2D eigenvalue weighted by molar-refractivity contribution is 5.29. The van der Waals surface area contributed by atoms with Crippen molar-refractivity contribution in [3.05, 3.63) is 24.0 Å². The quantitative estimate of drug-likeness (QED) is 0.764. The molecule has 1 atom stereocenters. The van der Waals surface area contributed by atoms with E-state index in [1.165, 1.54) is 0 Å². The van der Waals surface area contributed by atoms with E-state index in [1.54, 1.807) is 25.6 Å². The van der Waals surface area contributed by atoms with Gasteiger partial charge < -0.3 is 14.6 Å². The maximum Gasteiger partial charge on any atom is 0.143 e. The molecular formula is C10H15NO3. The minimum absolute atomic E-state index is 0.0441. The lowest BCUT2D eigenvalue weighted by Gasteiger charge is -2.15. The highest BCUT2D eigenvalue weighted by Crippen LogP contribution is 2.17. The Morgan fingerprint density at radius 2 is 2.36 bits per heavy atom. The third kappa shape index (κ3) is 2.97. The van der Waals surface area contributed by atoms with Crippen molar-refractivity contribution in [2.45, 2.75) is 19.6 Å². The smallest absolute Gasteiger partial charge is 0.143 e. The van der Waals surface area contributed by atoms with Gasteiger partial charge in [0.2, 0.25) is 0 Å². The fraction of sp³-hybridized carbons (Fsp3) is 0.500. The van der Waals surface area contributed by atoms with Crippen LogP contribution in [0.4, 0.5) is 0 Å². The Balaban J connectivity index is 2.65. The molecule has 0 amide bonds. The van der Waals surface area contributed by atoms with E-state index in [1.807, 2.05) is 6.92 Å². The summed E-state index contributed by atoms with van der Waals surface area (Å²) in [6.45, 7) is 2.37. The second-order valence-corrected chi connectivity index (χ2v) is 3.03. The number of aromatic nitrogens is 1. The van der Waals surface area contributed by atoms with E-state index >= 15 is 0 Å². The number of hydrogen-bond donors (Lipinski definition) is 1. The van der Waals surface area contributed by atoms with Crippen LogP contribution in [0, 0.1) is 0 Å². The van der Waals surface area contributed by atoms with Crippen molar-refractivity contribution < 1.29 is 14.6 Å². The molecule has 78 valence electrons. The average Bonchev–Trinajstić information content (AvgIpc) is 2.19. The van der Waals surface area contributed by atoms with Gasteiger partial charge in [0, 0.05) is 18.9 Å². The molecule has 1 aromatic heterocycles. The van der Waals surface area contributed by atoms with Crippen molar-refractivity contribution in [3.8, 4) is 5.75 Å². The molecule has 0 aromatic carbocycles. The third-order valence-corrected chi connectivity index (χ3v) is 1.77. The summed E-state index contributed by atoms with van der Waals surface area (Å²) in [5.41, 5.74) is 0.739. The normalized spacial score (nSPS) is 12.5. The molecule has 0 aliphatic rings. The molecule has 1 N–H and O–H groups in total. The highest BCUT2D eigenvalue weighted by atomic mass is 16.5. The summed E-state index contributed by atoms with van der Waals surface area (Å²) >= 11 is 0. The molecule has 0 saturated heterocycles. The molecule has 0 fully saturated rings. The Labute approximate surface area is 83.5 Å². The third-order valence-electron chi connectivity index (χ3n) is 1.77. The zero-order chi connectivity index (χ0) is 10.4. The molecule has 14 heavy (non-hydrogen) atoms. The summed E-state index contributed by atoms with van der Waals surface area (Å²) in [4.78, 5) is 3.93. The summed E-state index contributed by atoms with van der Waals surface area (Å²) < 4.78 is 10.5. The lowest BCUT2D eigenvalue weighted by molar-refractivity contribution is 0.0900. The Hall–Kier alpha value is -1.13. The lowest BCUT2D eigenvalue weighted by Crippen LogP contribution is -2.18. The monoisotopic (exact) mass is 197 g/mol. The lowest BCUT2D eigenvalue weighted by atomic mass is 10.2. The number of pyridine rings is 1. The number of methoxy groups -OCH3 is 1. The first-order chi connectivity index (χ1) is 6.77. The summed E-state index contributed by atoms with van der Waals surface area (Å²) in [6, 6.07) is 1.73. The van der Waals surface area contributed by atoms with E-state index < -0.39 is 0 Å². The van der Waals surface area contributed by atoms with Gasteiger partial charge in [0.25, 0.3) is 0 Å². The number of aliphatic hydroxyl groups excluding tert-OH is 1. The Morgan fingerprint density at radius 1 is 1.57 bits per heavy atom. The van der Waals surface area contributed by atoms with Crippen LogP contribution in [0.3, 0.4) is 0 Å². The Morgan fingerprint density at radius 3 is 3.00 bits per heavy atom. The van der Waals surface area contributed by atoms with Crippen LogP contribution in [0.15, 0.2) is 18.5 Å². The van der Waals surface area contributed by atoms with Gasteiger partial charge in [-0.3, -0.25) is 4.98 Å². The molecule has 4 heteroatoms. The van der Waals surface area contributed by atoms with E-state index in [0.29, 0.717) is 12.4 Å². The topological polar surface area (TPSA) is 51.6 Å². The summed E-state index contributed by atoms with van der Waals surface area (Å²) in [6.07, 6.45) is 3.17. The van der Waals surface area contributed by atoms with Crippen LogP contribution in [0.25, 0.3) is 0 Å². The SMILES string of the molecule is COCC(C)Oc1cnccc1CO. The Bertz CT molecular complexity index is 278. The van der Waals surface area contributed by atoms with Gasteiger partial charge in [0.1, 0.15) is 11.9 Å². The number of ether oxygens (including phenoxy) is 2. The highest BCUT2D eigenvalue weighted by Gasteiger charge is 2.07. The molecule has 1 heterocycles. The van der Waals surface area contributed by atoms with Gasteiger partial charge in [0.05, 0.1) is 19.4 Å². The van der Waals surface area contributed by atoms with Gasteiger partial charge in [-0.25, -0.2) is 0 Å². The van der Waals surface area contributed by atoms with Gasteiger partial charge in [-0.15, -0.1) is 0 Å².